The SMILES string of the molecule is CCOC(=O)C(C)Oc1ccc(C(C)=O)cc1Cl. The summed E-state index contributed by atoms with van der Waals surface area (Å²) in [4.78, 5) is 22.5. The van der Waals surface area contributed by atoms with Gasteiger partial charge in [-0.2, -0.15) is 0 Å². The van der Waals surface area contributed by atoms with Crippen molar-refractivity contribution in [1.29, 1.82) is 0 Å². The number of halogens is 1. The molecule has 18 heavy (non-hydrogen) atoms. The molecule has 1 aromatic rings. The molecule has 0 aliphatic carbocycles. The monoisotopic (exact) mass is 270 g/mol. The zero-order valence-corrected chi connectivity index (χ0v) is 11.3. The molecule has 0 saturated carbocycles. The standard InChI is InChI=1S/C13H15ClO4/c1-4-17-13(16)9(3)18-12-6-5-10(8(2)15)7-11(12)14/h5-7,9H,4H2,1-3H3. The zero-order chi connectivity index (χ0) is 13.7. The highest BCUT2D eigenvalue weighted by molar-refractivity contribution is 6.32. The van der Waals surface area contributed by atoms with E-state index in [2.05, 4.69) is 0 Å². The lowest BCUT2D eigenvalue weighted by atomic mass is 10.1. The minimum absolute atomic E-state index is 0.0816. The Morgan fingerprint density at radius 2 is 2.06 bits per heavy atom. The predicted molar refractivity (Wildman–Crippen MR) is 68.2 cm³/mol. The second-order valence-electron chi connectivity index (χ2n) is 3.71. The molecule has 1 rings (SSSR count). The highest BCUT2D eigenvalue weighted by Gasteiger charge is 2.17. The van der Waals surface area contributed by atoms with Gasteiger partial charge in [0.15, 0.2) is 11.9 Å². The highest BCUT2D eigenvalue weighted by atomic mass is 35.5. The first-order chi connectivity index (χ1) is 8.45. The molecule has 4 nitrogen and oxygen atoms in total. The van der Waals surface area contributed by atoms with Gasteiger partial charge in [-0.3, -0.25) is 4.79 Å². The van der Waals surface area contributed by atoms with E-state index in [0.717, 1.165) is 0 Å². The average Bonchev–Trinajstić information content (AvgIpc) is 2.31. The van der Waals surface area contributed by atoms with Gasteiger partial charge in [-0.15, -0.1) is 0 Å². The number of Topliss-reactive ketones (excluding diaryl/α,β-unsaturated/α-hetero) is 1. The third-order valence-electron chi connectivity index (χ3n) is 2.26. The molecule has 0 N–H and O–H groups in total. The van der Waals surface area contributed by atoms with Crippen LogP contribution in [0.25, 0.3) is 0 Å². The second-order valence-corrected chi connectivity index (χ2v) is 4.12. The van der Waals surface area contributed by atoms with E-state index in [-0.39, 0.29) is 5.78 Å². The van der Waals surface area contributed by atoms with Gasteiger partial charge in [0.2, 0.25) is 0 Å². The van der Waals surface area contributed by atoms with Gasteiger partial charge >= 0.3 is 5.97 Å². The van der Waals surface area contributed by atoms with Crippen molar-refractivity contribution >= 4 is 23.4 Å². The van der Waals surface area contributed by atoms with E-state index in [0.29, 0.717) is 22.9 Å². The van der Waals surface area contributed by atoms with Crippen LogP contribution in [0.3, 0.4) is 0 Å². The van der Waals surface area contributed by atoms with E-state index in [9.17, 15) is 9.59 Å². The van der Waals surface area contributed by atoms with E-state index in [1.165, 1.54) is 13.0 Å². The summed E-state index contributed by atoms with van der Waals surface area (Å²) in [5.41, 5.74) is 0.496. The van der Waals surface area contributed by atoms with Crippen molar-refractivity contribution in [2.75, 3.05) is 6.61 Å². The fourth-order valence-corrected chi connectivity index (χ4v) is 1.54. The Balaban J connectivity index is 2.79. The number of esters is 1. The number of hydrogen-bond donors (Lipinski definition) is 0. The topological polar surface area (TPSA) is 52.6 Å². The molecule has 0 saturated heterocycles. The van der Waals surface area contributed by atoms with Crippen LogP contribution in [0.1, 0.15) is 31.1 Å². The first kappa shape index (κ1) is 14.5. The fraction of sp³-hybridized carbons (Fsp3) is 0.385. The summed E-state index contributed by atoms with van der Waals surface area (Å²) < 4.78 is 10.2. The fourth-order valence-electron chi connectivity index (χ4n) is 1.31. The van der Waals surface area contributed by atoms with Crippen LogP contribution in [0.5, 0.6) is 5.75 Å². The molecule has 98 valence electrons. The van der Waals surface area contributed by atoms with E-state index >= 15 is 0 Å². The first-order valence-corrected chi connectivity index (χ1v) is 5.97. The van der Waals surface area contributed by atoms with Crippen molar-refractivity contribution in [3.05, 3.63) is 28.8 Å². The van der Waals surface area contributed by atoms with Gasteiger partial charge in [0.25, 0.3) is 0 Å². The summed E-state index contributed by atoms with van der Waals surface area (Å²) in [5, 5.41) is 0.291. The summed E-state index contributed by atoms with van der Waals surface area (Å²) in [6.07, 6.45) is -0.745. The molecular formula is C13H15ClO4. The zero-order valence-electron chi connectivity index (χ0n) is 10.5. The molecule has 1 aromatic carbocycles. The van der Waals surface area contributed by atoms with Crippen LogP contribution in [0.15, 0.2) is 18.2 Å². The van der Waals surface area contributed by atoms with Crippen molar-refractivity contribution < 1.29 is 19.1 Å². The Kier molecular flexibility index (Phi) is 5.16. The van der Waals surface area contributed by atoms with Crippen molar-refractivity contribution in [3.63, 3.8) is 0 Å². The summed E-state index contributed by atoms with van der Waals surface area (Å²) in [7, 11) is 0. The maximum atomic E-state index is 11.4. The van der Waals surface area contributed by atoms with Crippen LogP contribution < -0.4 is 4.74 Å². The lowest BCUT2D eigenvalue weighted by Gasteiger charge is -2.14. The molecule has 1 atom stereocenters. The lowest BCUT2D eigenvalue weighted by Crippen LogP contribution is -2.26. The van der Waals surface area contributed by atoms with Crippen molar-refractivity contribution in [2.24, 2.45) is 0 Å². The molecule has 1 unspecified atom stereocenters. The molecule has 0 aliphatic heterocycles. The number of rotatable bonds is 5. The molecule has 0 fully saturated rings. The molecule has 0 radical (unpaired) electrons. The van der Waals surface area contributed by atoms with Gasteiger partial charge in [0.05, 0.1) is 11.6 Å². The molecule has 0 heterocycles. The maximum Gasteiger partial charge on any atom is 0.347 e. The predicted octanol–water partition coefficient (Wildman–Crippen LogP) is 2.87. The van der Waals surface area contributed by atoms with Crippen LogP contribution in [-0.2, 0) is 9.53 Å². The maximum absolute atomic E-state index is 11.4. The minimum Gasteiger partial charge on any atom is -0.477 e. The summed E-state index contributed by atoms with van der Waals surface area (Å²) in [5.74, 6) is -0.187. The van der Waals surface area contributed by atoms with Crippen LogP contribution in [0.4, 0.5) is 0 Å². The third kappa shape index (κ3) is 3.74. The Bertz CT molecular complexity index is 456. The van der Waals surface area contributed by atoms with Gasteiger partial charge in [-0.25, -0.2) is 4.79 Å². The number of ether oxygens (including phenoxy) is 2. The van der Waals surface area contributed by atoms with Crippen molar-refractivity contribution in [2.45, 2.75) is 26.9 Å². The van der Waals surface area contributed by atoms with Crippen molar-refractivity contribution in [1.82, 2.24) is 0 Å². The number of carbonyl (C=O) groups excluding carboxylic acids is 2. The highest BCUT2D eigenvalue weighted by Crippen LogP contribution is 2.26. The summed E-state index contributed by atoms with van der Waals surface area (Å²) >= 11 is 5.97. The third-order valence-corrected chi connectivity index (χ3v) is 2.56. The smallest absolute Gasteiger partial charge is 0.347 e. The number of benzene rings is 1. The molecule has 0 spiro atoms. The van der Waals surface area contributed by atoms with E-state index in [1.807, 2.05) is 0 Å². The molecule has 0 aromatic heterocycles. The molecular weight excluding hydrogens is 256 g/mol. The second kappa shape index (κ2) is 6.40. The Labute approximate surface area is 111 Å². The Morgan fingerprint density at radius 1 is 1.39 bits per heavy atom. The van der Waals surface area contributed by atoms with Crippen molar-refractivity contribution in [3.8, 4) is 5.75 Å². The van der Waals surface area contributed by atoms with Crippen LogP contribution in [-0.4, -0.2) is 24.5 Å². The van der Waals surface area contributed by atoms with Gasteiger partial charge in [0, 0.05) is 5.56 Å². The van der Waals surface area contributed by atoms with Gasteiger partial charge < -0.3 is 9.47 Å². The van der Waals surface area contributed by atoms with Crippen LogP contribution in [0.2, 0.25) is 5.02 Å². The van der Waals surface area contributed by atoms with Crippen LogP contribution in [0, 0.1) is 0 Å². The number of hydrogen-bond acceptors (Lipinski definition) is 4. The average molecular weight is 271 g/mol. The minimum atomic E-state index is -0.745. The lowest BCUT2D eigenvalue weighted by molar-refractivity contribution is -0.150. The molecule has 0 bridgehead atoms. The molecule has 0 amide bonds. The normalized spacial score (nSPS) is 11.8. The van der Waals surface area contributed by atoms with Crippen LogP contribution >= 0.6 is 11.6 Å². The summed E-state index contributed by atoms with van der Waals surface area (Å²) in [6, 6.07) is 4.67. The molecule has 5 heteroatoms. The number of carbonyl (C=O) groups is 2. The number of ketones is 1. The summed E-state index contributed by atoms with van der Waals surface area (Å²) in [6.45, 7) is 5.05. The Hall–Kier alpha value is -1.55. The quantitative estimate of drug-likeness (QED) is 0.610. The van der Waals surface area contributed by atoms with Gasteiger partial charge in [-0.05, 0) is 39.0 Å². The van der Waals surface area contributed by atoms with E-state index in [1.54, 1.807) is 26.0 Å². The Morgan fingerprint density at radius 3 is 2.56 bits per heavy atom. The van der Waals surface area contributed by atoms with Gasteiger partial charge in [-0.1, -0.05) is 11.6 Å². The van der Waals surface area contributed by atoms with E-state index in [4.69, 9.17) is 21.1 Å². The first-order valence-electron chi connectivity index (χ1n) is 5.59. The van der Waals surface area contributed by atoms with Gasteiger partial charge in [0.1, 0.15) is 5.75 Å². The molecule has 0 aliphatic rings. The largest absolute Gasteiger partial charge is 0.477 e. The van der Waals surface area contributed by atoms with E-state index < -0.39 is 12.1 Å².